The van der Waals surface area contributed by atoms with Gasteiger partial charge in [-0.3, -0.25) is 0 Å². The van der Waals surface area contributed by atoms with Crippen molar-refractivity contribution < 1.29 is 5.11 Å². The molecule has 3 heteroatoms. The minimum Gasteiger partial charge on any atom is -0.390 e. The number of aliphatic hydroxyl groups is 1. The molecule has 0 amide bonds. The molecule has 1 N–H and O–H groups in total. The van der Waals surface area contributed by atoms with Gasteiger partial charge >= 0.3 is 0 Å². The van der Waals surface area contributed by atoms with Gasteiger partial charge in [-0.05, 0) is 55.9 Å². The van der Waals surface area contributed by atoms with Crippen LogP contribution >= 0.6 is 23.4 Å². The first-order valence-corrected chi connectivity index (χ1v) is 7.16. The second-order valence-electron chi connectivity index (χ2n) is 4.72. The second-order valence-corrected chi connectivity index (χ2v) is 6.07. The molecule has 90 valence electrons. The average molecular weight is 259 g/mol. The minimum absolute atomic E-state index is 0.382. The Morgan fingerprint density at radius 1 is 1.31 bits per heavy atom. The van der Waals surface area contributed by atoms with E-state index in [0.29, 0.717) is 5.92 Å². The van der Waals surface area contributed by atoms with E-state index in [1.165, 1.54) is 5.56 Å². The largest absolute Gasteiger partial charge is 0.390 e. The molecule has 0 spiro atoms. The minimum atomic E-state index is -0.625. The van der Waals surface area contributed by atoms with E-state index in [4.69, 9.17) is 11.6 Å². The van der Waals surface area contributed by atoms with Gasteiger partial charge in [-0.15, -0.1) is 0 Å². The van der Waals surface area contributed by atoms with Gasteiger partial charge in [-0.2, -0.15) is 11.8 Å². The van der Waals surface area contributed by atoms with Gasteiger partial charge in [0.15, 0.2) is 0 Å². The Labute approximate surface area is 107 Å². The third kappa shape index (κ3) is 4.77. The predicted molar refractivity (Wildman–Crippen MR) is 73.5 cm³/mol. The van der Waals surface area contributed by atoms with E-state index in [1.807, 2.05) is 26.0 Å². The van der Waals surface area contributed by atoms with Crippen molar-refractivity contribution >= 4 is 23.4 Å². The molecule has 0 aliphatic rings. The van der Waals surface area contributed by atoms with Crippen LogP contribution in [0, 0.1) is 0 Å². The van der Waals surface area contributed by atoms with Crippen LogP contribution in [0.2, 0.25) is 5.02 Å². The maximum absolute atomic E-state index is 9.90. The highest BCUT2D eigenvalue weighted by Gasteiger charge is 2.21. The van der Waals surface area contributed by atoms with Crippen LogP contribution in [0.1, 0.15) is 31.7 Å². The second kappa shape index (κ2) is 5.95. The van der Waals surface area contributed by atoms with Crippen LogP contribution in [-0.4, -0.2) is 22.7 Å². The molecule has 1 atom stereocenters. The molecule has 0 aliphatic carbocycles. The van der Waals surface area contributed by atoms with Crippen LogP contribution in [-0.2, 0) is 0 Å². The van der Waals surface area contributed by atoms with Crippen molar-refractivity contribution in [2.75, 3.05) is 12.0 Å². The van der Waals surface area contributed by atoms with Crippen molar-refractivity contribution in [3.63, 3.8) is 0 Å². The Morgan fingerprint density at radius 3 is 2.31 bits per heavy atom. The van der Waals surface area contributed by atoms with E-state index in [-0.39, 0.29) is 0 Å². The molecule has 0 fully saturated rings. The Kier molecular flexibility index (Phi) is 5.16. The Balaban J connectivity index is 2.80. The van der Waals surface area contributed by atoms with Gasteiger partial charge in [0.1, 0.15) is 0 Å². The summed E-state index contributed by atoms with van der Waals surface area (Å²) in [4.78, 5) is 0. The molecule has 0 radical (unpaired) electrons. The third-order valence-electron chi connectivity index (χ3n) is 2.46. The molecule has 1 aromatic carbocycles. The molecule has 1 nitrogen and oxygen atoms in total. The maximum atomic E-state index is 9.90. The number of benzene rings is 1. The smallest absolute Gasteiger partial charge is 0.0597 e. The van der Waals surface area contributed by atoms with Gasteiger partial charge in [0, 0.05) is 5.02 Å². The standard InChI is InChI=1S/C13H19ClOS/c1-13(2,15)8-11(9-16-3)10-4-6-12(14)7-5-10/h4-7,11,15H,8-9H2,1-3H3. The van der Waals surface area contributed by atoms with Gasteiger partial charge in [-0.25, -0.2) is 0 Å². The molecule has 0 aliphatic heterocycles. The zero-order valence-corrected chi connectivity index (χ0v) is 11.6. The Bertz CT molecular complexity index is 316. The number of rotatable bonds is 5. The van der Waals surface area contributed by atoms with E-state index in [2.05, 4.69) is 18.4 Å². The van der Waals surface area contributed by atoms with Gasteiger partial charge in [-0.1, -0.05) is 23.7 Å². The summed E-state index contributed by atoms with van der Waals surface area (Å²) in [7, 11) is 0. The summed E-state index contributed by atoms with van der Waals surface area (Å²) < 4.78 is 0. The average Bonchev–Trinajstić information content (AvgIpc) is 2.16. The zero-order chi connectivity index (χ0) is 12.2. The molecule has 1 aromatic rings. The van der Waals surface area contributed by atoms with Crippen molar-refractivity contribution in [2.24, 2.45) is 0 Å². The van der Waals surface area contributed by atoms with Gasteiger partial charge in [0.05, 0.1) is 5.60 Å². The Morgan fingerprint density at radius 2 is 1.88 bits per heavy atom. The summed E-state index contributed by atoms with van der Waals surface area (Å²) in [5.41, 5.74) is 0.626. The van der Waals surface area contributed by atoms with Crippen LogP contribution < -0.4 is 0 Å². The maximum Gasteiger partial charge on any atom is 0.0597 e. The fourth-order valence-corrected chi connectivity index (χ4v) is 2.65. The molecule has 0 saturated heterocycles. The van der Waals surface area contributed by atoms with E-state index in [0.717, 1.165) is 17.2 Å². The van der Waals surface area contributed by atoms with E-state index in [9.17, 15) is 5.11 Å². The van der Waals surface area contributed by atoms with Crippen LogP contribution in [0.3, 0.4) is 0 Å². The van der Waals surface area contributed by atoms with Gasteiger partial charge in [0.25, 0.3) is 0 Å². The zero-order valence-electron chi connectivity index (χ0n) is 10.0. The molecular weight excluding hydrogens is 240 g/mol. The van der Waals surface area contributed by atoms with Crippen molar-refractivity contribution in [3.8, 4) is 0 Å². The van der Waals surface area contributed by atoms with Gasteiger partial charge in [0.2, 0.25) is 0 Å². The number of hydrogen-bond donors (Lipinski definition) is 1. The van der Waals surface area contributed by atoms with Crippen molar-refractivity contribution in [3.05, 3.63) is 34.9 Å². The highest BCUT2D eigenvalue weighted by molar-refractivity contribution is 7.98. The lowest BCUT2D eigenvalue weighted by Gasteiger charge is -2.25. The Hall–Kier alpha value is -0.180. The molecule has 0 aromatic heterocycles. The van der Waals surface area contributed by atoms with Crippen molar-refractivity contribution in [2.45, 2.75) is 31.8 Å². The van der Waals surface area contributed by atoms with Gasteiger partial charge < -0.3 is 5.11 Å². The summed E-state index contributed by atoms with van der Waals surface area (Å²) >= 11 is 7.68. The highest BCUT2D eigenvalue weighted by atomic mass is 35.5. The normalized spacial score (nSPS) is 13.8. The van der Waals surface area contributed by atoms with Crippen molar-refractivity contribution in [1.29, 1.82) is 0 Å². The molecule has 0 saturated carbocycles. The SMILES string of the molecule is CSCC(CC(C)(C)O)c1ccc(Cl)cc1. The lowest BCUT2D eigenvalue weighted by molar-refractivity contribution is 0.0652. The molecule has 0 heterocycles. The topological polar surface area (TPSA) is 20.2 Å². The first-order chi connectivity index (χ1) is 7.42. The van der Waals surface area contributed by atoms with Crippen LogP contribution in [0.15, 0.2) is 24.3 Å². The van der Waals surface area contributed by atoms with E-state index < -0.39 is 5.60 Å². The summed E-state index contributed by atoms with van der Waals surface area (Å²) in [6.07, 6.45) is 2.86. The quantitative estimate of drug-likeness (QED) is 0.863. The number of halogens is 1. The first-order valence-electron chi connectivity index (χ1n) is 5.39. The molecule has 16 heavy (non-hydrogen) atoms. The number of thioether (sulfide) groups is 1. The third-order valence-corrected chi connectivity index (χ3v) is 3.44. The fourth-order valence-electron chi connectivity index (χ4n) is 1.81. The fraction of sp³-hybridized carbons (Fsp3) is 0.538. The number of hydrogen-bond acceptors (Lipinski definition) is 2. The van der Waals surface area contributed by atoms with Crippen molar-refractivity contribution in [1.82, 2.24) is 0 Å². The molecular formula is C13H19ClOS. The summed E-state index contributed by atoms with van der Waals surface area (Å²) in [5.74, 6) is 1.40. The lowest BCUT2D eigenvalue weighted by Crippen LogP contribution is -2.23. The molecule has 1 unspecified atom stereocenters. The van der Waals surface area contributed by atoms with E-state index in [1.54, 1.807) is 11.8 Å². The van der Waals surface area contributed by atoms with E-state index >= 15 is 0 Å². The first kappa shape index (κ1) is 13.9. The van der Waals surface area contributed by atoms with Crippen LogP contribution in [0.25, 0.3) is 0 Å². The van der Waals surface area contributed by atoms with Crippen LogP contribution in [0.5, 0.6) is 0 Å². The highest BCUT2D eigenvalue weighted by Crippen LogP contribution is 2.29. The summed E-state index contributed by atoms with van der Waals surface area (Å²) in [6, 6.07) is 7.92. The van der Waals surface area contributed by atoms with Crippen LogP contribution in [0.4, 0.5) is 0 Å². The summed E-state index contributed by atoms with van der Waals surface area (Å²) in [6.45, 7) is 3.71. The molecule has 1 rings (SSSR count). The lowest BCUT2D eigenvalue weighted by atomic mass is 9.89. The molecule has 0 bridgehead atoms. The summed E-state index contributed by atoms with van der Waals surface area (Å²) in [5, 5.41) is 10.7. The predicted octanol–water partition coefficient (Wildman–Crippen LogP) is 3.95. The monoisotopic (exact) mass is 258 g/mol.